The Morgan fingerprint density at radius 2 is 1.78 bits per heavy atom. The molecule has 1 saturated carbocycles. The highest BCUT2D eigenvalue weighted by Crippen LogP contribution is 2.46. The lowest BCUT2D eigenvalue weighted by Crippen LogP contribution is -2.64. The molecule has 18 heavy (non-hydrogen) atoms. The highest BCUT2D eigenvalue weighted by molar-refractivity contribution is 5.81. The normalized spacial score (nSPS) is 34.9. The second-order valence-electron chi connectivity index (χ2n) is 6.89. The summed E-state index contributed by atoms with van der Waals surface area (Å²) in [5.41, 5.74) is -2.05. The van der Waals surface area contributed by atoms with Crippen LogP contribution in [-0.2, 0) is 9.53 Å². The predicted molar refractivity (Wildman–Crippen MR) is 69.6 cm³/mol. The number of rotatable bonds is 3. The van der Waals surface area contributed by atoms with Crippen LogP contribution in [0.3, 0.4) is 0 Å². The first-order valence-electron chi connectivity index (χ1n) is 6.90. The van der Waals surface area contributed by atoms with Crippen molar-refractivity contribution in [2.24, 2.45) is 0 Å². The van der Waals surface area contributed by atoms with E-state index in [-0.39, 0.29) is 0 Å². The number of aliphatic carboxylic acids is 1. The molecule has 0 amide bonds. The molecule has 4 heteroatoms. The van der Waals surface area contributed by atoms with Gasteiger partial charge in [0.1, 0.15) is 5.54 Å². The van der Waals surface area contributed by atoms with E-state index in [1.807, 2.05) is 27.7 Å². The van der Waals surface area contributed by atoms with Crippen LogP contribution in [0.1, 0.15) is 59.8 Å². The van der Waals surface area contributed by atoms with Gasteiger partial charge < -0.3 is 9.84 Å². The number of hydrogen-bond acceptors (Lipinski definition) is 3. The molecule has 2 rings (SSSR count). The van der Waals surface area contributed by atoms with Gasteiger partial charge in [0.2, 0.25) is 0 Å². The summed E-state index contributed by atoms with van der Waals surface area (Å²) < 4.78 is 5.98. The summed E-state index contributed by atoms with van der Waals surface area (Å²) >= 11 is 0. The lowest BCUT2D eigenvalue weighted by molar-refractivity contribution is -0.154. The van der Waals surface area contributed by atoms with Crippen LogP contribution in [0.15, 0.2) is 0 Å². The quantitative estimate of drug-likeness (QED) is 0.812. The molecule has 0 aromatic carbocycles. The van der Waals surface area contributed by atoms with Crippen LogP contribution in [0.5, 0.6) is 0 Å². The molecule has 4 nitrogen and oxygen atoms in total. The fourth-order valence-electron chi connectivity index (χ4n) is 3.70. The molecule has 1 saturated heterocycles. The van der Waals surface area contributed by atoms with Crippen LogP contribution >= 0.6 is 0 Å². The summed E-state index contributed by atoms with van der Waals surface area (Å²) in [6, 6.07) is 0.317. The van der Waals surface area contributed by atoms with Crippen LogP contribution in [0.25, 0.3) is 0 Å². The topological polar surface area (TPSA) is 58.6 Å². The van der Waals surface area contributed by atoms with E-state index in [4.69, 9.17) is 4.74 Å². The first-order valence-corrected chi connectivity index (χ1v) is 6.90. The molecule has 2 N–H and O–H groups in total. The first kappa shape index (κ1) is 13.8. The Bertz CT molecular complexity index is 345. The average molecular weight is 255 g/mol. The van der Waals surface area contributed by atoms with Crippen molar-refractivity contribution in [3.8, 4) is 0 Å². The molecule has 0 radical (unpaired) electrons. The summed E-state index contributed by atoms with van der Waals surface area (Å²) in [7, 11) is 0. The van der Waals surface area contributed by atoms with E-state index in [1.54, 1.807) is 0 Å². The number of carboxylic acid groups (broad SMARTS) is 1. The molecular formula is C14H25NO3. The lowest BCUT2D eigenvalue weighted by atomic mass is 9.78. The monoisotopic (exact) mass is 255 g/mol. The van der Waals surface area contributed by atoms with E-state index in [1.165, 1.54) is 12.8 Å². The maximum absolute atomic E-state index is 11.9. The Morgan fingerprint density at radius 3 is 2.17 bits per heavy atom. The minimum atomic E-state index is -0.967. The van der Waals surface area contributed by atoms with E-state index in [0.29, 0.717) is 12.5 Å². The van der Waals surface area contributed by atoms with Crippen molar-refractivity contribution in [2.75, 3.05) is 0 Å². The van der Waals surface area contributed by atoms with Gasteiger partial charge in [-0.25, -0.2) is 0 Å². The molecule has 2 aliphatic rings. The maximum atomic E-state index is 11.9. The van der Waals surface area contributed by atoms with E-state index < -0.39 is 22.7 Å². The minimum absolute atomic E-state index is 0.317. The zero-order chi connectivity index (χ0) is 13.6. The zero-order valence-corrected chi connectivity index (χ0v) is 11.9. The van der Waals surface area contributed by atoms with Crippen molar-refractivity contribution in [1.82, 2.24) is 5.32 Å². The van der Waals surface area contributed by atoms with Crippen molar-refractivity contribution in [1.29, 1.82) is 0 Å². The Kier molecular flexibility index (Phi) is 3.23. The Hall–Kier alpha value is -0.610. The smallest absolute Gasteiger partial charge is 0.327 e. The van der Waals surface area contributed by atoms with E-state index in [9.17, 15) is 9.90 Å². The van der Waals surface area contributed by atoms with E-state index in [0.717, 1.165) is 12.8 Å². The lowest BCUT2D eigenvalue weighted by Gasteiger charge is -2.38. The van der Waals surface area contributed by atoms with Gasteiger partial charge in [0.25, 0.3) is 0 Å². The fourth-order valence-corrected chi connectivity index (χ4v) is 3.70. The van der Waals surface area contributed by atoms with Crippen LogP contribution in [0, 0.1) is 0 Å². The molecule has 0 aromatic heterocycles. The molecule has 1 aliphatic heterocycles. The summed E-state index contributed by atoms with van der Waals surface area (Å²) in [5, 5.41) is 13.2. The van der Waals surface area contributed by atoms with Crippen LogP contribution in [0.2, 0.25) is 0 Å². The zero-order valence-electron chi connectivity index (χ0n) is 11.9. The summed E-state index contributed by atoms with van der Waals surface area (Å²) in [6.45, 7) is 7.71. The van der Waals surface area contributed by atoms with Crippen LogP contribution in [-0.4, -0.2) is 33.9 Å². The second-order valence-corrected chi connectivity index (χ2v) is 6.89. The van der Waals surface area contributed by atoms with Gasteiger partial charge in [-0.1, -0.05) is 12.8 Å². The molecule has 1 atom stereocenters. The van der Waals surface area contributed by atoms with Crippen molar-refractivity contribution >= 4 is 5.97 Å². The molecule has 2 fully saturated rings. The van der Waals surface area contributed by atoms with Gasteiger partial charge in [0, 0.05) is 12.5 Å². The molecule has 1 unspecified atom stereocenters. The van der Waals surface area contributed by atoms with Crippen molar-refractivity contribution < 1.29 is 14.6 Å². The Morgan fingerprint density at radius 1 is 1.22 bits per heavy atom. The van der Waals surface area contributed by atoms with Gasteiger partial charge in [-0.2, -0.15) is 0 Å². The molecule has 104 valence electrons. The van der Waals surface area contributed by atoms with Gasteiger partial charge in [0.15, 0.2) is 0 Å². The molecule has 1 heterocycles. The third-order valence-electron chi connectivity index (χ3n) is 4.42. The van der Waals surface area contributed by atoms with Crippen LogP contribution < -0.4 is 5.32 Å². The SMILES string of the molecule is CC1(C)CC(NC2CCCC2)(C(=O)O)C(C)(C)O1. The Balaban J connectivity index is 2.28. The average Bonchev–Trinajstić information content (AvgIpc) is 2.71. The molecule has 1 aliphatic carbocycles. The van der Waals surface area contributed by atoms with Gasteiger partial charge in [-0.15, -0.1) is 0 Å². The largest absolute Gasteiger partial charge is 0.480 e. The van der Waals surface area contributed by atoms with Gasteiger partial charge in [0.05, 0.1) is 11.2 Å². The predicted octanol–water partition coefficient (Wildman–Crippen LogP) is 2.32. The summed E-state index contributed by atoms with van der Waals surface area (Å²) in [4.78, 5) is 11.9. The summed E-state index contributed by atoms with van der Waals surface area (Å²) in [6.07, 6.45) is 5.05. The van der Waals surface area contributed by atoms with E-state index in [2.05, 4.69) is 5.32 Å². The first-order chi connectivity index (χ1) is 8.19. The number of nitrogens with one attached hydrogen (secondary N) is 1. The number of carboxylic acids is 1. The second kappa shape index (κ2) is 4.20. The standard InChI is InChI=1S/C14H25NO3/c1-12(2)9-14(11(16)17,13(3,4)18-12)15-10-7-5-6-8-10/h10,15H,5-9H2,1-4H3,(H,16,17). The van der Waals surface area contributed by atoms with Crippen molar-refractivity contribution in [3.63, 3.8) is 0 Å². The molecule has 0 aromatic rings. The number of carbonyl (C=O) groups is 1. The Labute approximate surface area is 109 Å². The molecule has 0 spiro atoms. The van der Waals surface area contributed by atoms with Gasteiger partial charge in [-0.05, 0) is 40.5 Å². The molecular weight excluding hydrogens is 230 g/mol. The third-order valence-corrected chi connectivity index (χ3v) is 4.42. The maximum Gasteiger partial charge on any atom is 0.327 e. The number of hydrogen-bond donors (Lipinski definition) is 2. The van der Waals surface area contributed by atoms with Crippen molar-refractivity contribution in [3.05, 3.63) is 0 Å². The third kappa shape index (κ3) is 2.16. The highest BCUT2D eigenvalue weighted by atomic mass is 16.5. The highest BCUT2D eigenvalue weighted by Gasteiger charge is 2.62. The minimum Gasteiger partial charge on any atom is -0.480 e. The fraction of sp³-hybridized carbons (Fsp3) is 0.929. The van der Waals surface area contributed by atoms with Crippen LogP contribution in [0.4, 0.5) is 0 Å². The summed E-state index contributed by atoms with van der Waals surface area (Å²) in [5.74, 6) is -0.787. The molecule has 0 bridgehead atoms. The van der Waals surface area contributed by atoms with Crippen molar-refractivity contribution in [2.45, 2.75) is 82.6 Å². The van der Waals surface area contributed by atoms with E-state index >= 15 is 0 Å². The van der Waals surface area contributed by atoms with Gasteiger partial charge in [-0.3, -0.25) is 10.1 Å². The van der Waals surface area contributed by atoms with Gasteiger partial charge >= 0.3 is 5.97 Å². The number of ether oxygens (including phenoxy) is 1.